The highest BCUT2D eigenvalue weighted by molar-refractivity contribution is 9.10. The Morgan fingerprint density at radius 3 is 2.85 bits per heavy atom. The van der Waals surface area contributed by atoms with Crippen molar-refractivity contribution in [3.8, 4) is 11.5 Å². The van der Waals surface area contributed by atoms with Gasteiger partial charge >= 0.3 is 0 Å². The van der Waals surface area contributed by atoms with Crippen LogP contribution in [0.4, 0.5) is 0 Å². The van der Waals surface area contributed by atoms with Gasteiger partial charge < -0.3 is 9.47 Å². The van der Waals surface area contributed by atoms with Crippen molar-refractivity contribution in [1.82, 2.24) is 0 Å². The summed E-state index contributed by atoms with van der Waals surface area (Å²) < 4.78 is 11.7. The van der Waals surface area contributed by atoms with Gasteiger partial charge in [0, 0.05) is 10.9 Å². The summed E-state index contributed by atoms with van der Waals surface area (Å²) in [5, 5.41) is -0.193. The molecule has 1 aliphatic heterocycles. The molecule has 1 aliphatic rings. The van der Waals surface area contributed by atoms with E-state index in [1.165, 1.54) is 5.56 Å². The van der Waals surface area contributed by atoms with Crippen molar-refractivity contribution in [2.24, 2.45) is 0 Å². The molecule has 0 fully saturated rings. The molecule has 4 heteroatoms. The van der Waals surface area contributed by atoms with Crippen molar-refractivity contribution < 1.29 is 9.47 Å². The Morgan fingerprint density at radius 1 is 1.25 bits per heavy atom. The third kappa shape index (κ3) is 2.52. The highest BCUT2D eigenvalue weighted by atomic mass is 79.9. The van der Waals surface area contributed by atoms with Crippen LogP contribution in [-0.2, 0) is 6.42 Å². The number of hydrogen-bond donors (Lipinski definition) is 0. The fraction of sp³-hybridized carbons (Fsp3) is 0.250. The summed E-state index contributed by atoms with van der Waals surface area (Å²) in [7, 11) is 1.65. The molecular weight excluding hydrogens is 340 g/mol. The van der Waals surface area contributed by atoms with Crippen molar-refractivity contribution in [2.75, 3.05) is 13.7 Å². The number of halogens is 2. The van der Waals surface area contributed by atoms with Crippen LogP contribution < -0.4 is 9.47 Å². The van der Waals surface area contributed by atoms with E-state index in [0.717, 1.165) is 40.1 Å². The second-order valence-electron chi connectivity index (χ2n) is 4.72. The number of alkyl halides is 1. The maximum atomic E-state index is 6.62. The van der Waals surface area contributed by atoms with Gasteiger partial charge in [-0.1, -0.05) is 34.1 Å². The molecule has 0 spiro atoms. The van der Waals surface area contributed by atoms with Crippen molar-refractivity contribution in [3.05, 3.63) is 57.6 Å². The second kappa shape index (κ2) is 5.66. The summed E-state index contributed by atoms with van der Waals surface area (Å²) in [6.45, 7) is 0.762. The number of benzene rings is 2. The van der Waals surface area contributed by atoms with Crippen LogP contribution in [0.2, 0.25) is 0 Å². The van der Waals surface area contributed by atoms with Gasteiger partial charge in [0.15, 0.2) is 0 Å². The van der Waals surface area contributed by atoms with Crippen molar-refractivity contribution >= 4 is 27.5 Å². The molecule has 0 amide bonds. The van der Waals surface area contributed by atoms with E-state index in [2.05, 4.69) is 22.0 Å². The molecule has 1 atom stereocenters. The van der Waals surface area contributed by atoms with E-state index in [1.807, 2.05) is 30.3 Å². The largest absolute Gasteiger partial charge is 0.497 e. The summed E-state index contributed by atoms with van der Waals surface area (Å²) in [6.07, 6.45) is 0.955. The van der Waals surface area contributed by atoms with E-state index in [4.69, 9.17) is 21.1 Å². The van der Waals surface area contributed by atoms with Crippen molar-refractivity contribution in [1.29, 1.82) is 0 Å². The minimum atomic E-state index is -0.193. The van der Waals surface area contributed by atoms with Crippen LogP contribution in [-0.4, -0.2) is 13.7 Å². The Bertz CT molecular complexity index is 642. The Hall–Kier alpha value is -1.19. The molecule has 1 unspecified atom stereocenters. The van der Waals surface area contributed by atoms with Gasteiger partial charge in [-0.3, -0.25) is 0 Å². The topological polar surface area (TPSA) is 18.5 Å². The molecule has 0 saturated carbocycles. The van der Waals surface area contributed by atoms with E-state index in [1.54, 1.807) is 7.11 Å². The first-order valence-corrected chi connectivity index (χ1v) is 7.65. The van der Waals surface area contributed by atoms with Gasteiger partial charge in [-0.25, -0.2) is 0 Å². The molecule has 0 radical (unpaired) electrons. The van der Waals surface area contributed by atoms with E-state index in [0.29, 0.717) is 0 Å². The normalized spacial score (nSPS) is 14.6. The first-order valence-electron chi connectivity index (χ1n) is 6.42. The zero-order valence-electron chi connectivity index (χ0n) is 11.0. The molecule has 0 N–H and O–H groups in total. The van der Waals surface area contributed by atoms with E-state index < -0.39 is 0 Å². The molecular formula is C16H14BrClO2. The summed E-state index contributed by atoms with van der Waals surface area (Å²) in [5.41, 5.74) is 3.35. The lowest BCUT2D eigenvalue weighted by atomic mass is 10.0. The second-order valence-corrected chi connectivity index (χ2v) is 6.01. The van der Waals surface area contributed by atoms with E-state index in [9.17, 15) is 0 Å². The standard InChI is InChI=1S/C16H14BrClO2/c1-19-12-3-4-13(14(17)9-12)16(18)11-2-5-15-10(8-11)6-7-20-15/h2-5,8-9,16H,6-7H2,1H3. The maximum absolute atomic E-state index is 6.62. The Kier molecular flexibility index (Phi) is 3.90. The lowest BCUT2D eigenvalue weighted by Gasteiger charge is -2.14. The van der Waals surface area contributed by atoms with Crippen LogP contribution in [0.15, 0.2) is 40.9 Å². The molecule has 20 heavy (non-hydrogen) atoms. The minimum Gasteiger partial charge on any atom is -0.497 e. The molecule has 2 aromatic rings. The highest BCUT2D eigenvalue weighted by Crippen LogP contribution is 2.38. The Morgan fingerprint density at radius 2 is 2.10 bits per heavy atom. The molecule has 0 aromatic heterocycles. The first-order chi connectivity index (χ1) is 9.69. The first kappa shape index (κ1) is 13.8. The Balaban J connectivity index is 1.94. The average molecular weight is 354 g/mol. The van der Waals surface area contributed by atoms with Crippen LogP contribution in [0.3, 0.4) is 0 Å². The van der Waals surface area contributed by atoms with Crippen molar-refractivity contribution in [2.45, 2.75) is 11.8 Å². The number of methoxy groups -OCH3 is 1. The molecule has 0 aliphatic carbocycles. The molecule has 0 saturated heterocycles. The van der Waals surface area contributed by atoms with E-state index >= 15 is 0 Å². The molecule has 2 aromatic carbocycles. The predicted molar refractivity (Wildman–Crippen MR) is 84.0 cm³/mol. The smallest absolute Gasteiger partial charge is 0.122 e. The number of rotatable bonds is 3. The van der Waals surface area contributed by atoms with Gasteiger partial charge in [0.2, 0.25) is 0 Å². The summed E-state index contributed by atoms with van der Waals surface area (Å²) >= 11 is 10.2. The fourth-order valence-electron chi connectivity index (χ4n) is 2.38. The fourth-order valence-corrected chi connectivity index (χ4v) is 3.43. The van der Waals surface area contributed by atoms with Crippen LogP contribution in [0.1, 0.15) is 22.1 Å². The Labute approximate surface area is 131 Å². The van der Waals surface area contributed by atoms with Gasteiger partial charge in [0.05, 0.1) is 19.1 Å². The maximum Gasteiger partial charge on any atom is 0.122 e. The summed E-state index contributed by atoms with van der Waals surface area (Å²) in [6, 6.07) is 12.0. The molecule has 3 rings (SSSR count). The third-order valence-electron chi connectivity index (χ3n) is 3.49. The van der Waals surface area contributed by atoms with E-state index in [-0.39, 0.29) is 5.38 Å². The molecule has 104 valence electrons. The molecule has 2 nitrogen and oxygen atoms in total. The minimum absolute atomic E-state index is 0.193. The van der Waals surface area contributed by atoms with Gasteiger partial charge in [0.25, 0.3) is 0 Å². The summed E-state index contributed by atoms with van der Waals surface area (Å²) in [4.78, 5) is 0. The zero-order valence-corrected chi connectivity index (χ0v) is 13.4. The lowest BCUT2D eigenvalue weighted by molar-refractivity contribution is 0.357. The lowest BCUT2D eigenvalue weighted by Crippen LogP contribution is -1.96. The van der Waals surface area contributed by atoms with Gasteiger partial charge in [-0.2, -0.15) is 0 Å². The quantitative estimate of drug-likeness (QED) is 0.743. The van der Waals surface area contributed by atoms with Crippen LogP contribution in [0, 0.1) is 0 Å². The zero-order chi connectivity index (χ0) is 14.1. The molecule has 0 bridgehead atoms. The van der Waals surface area contributed by atoms with Gasteiger partial charge in [0.1, 0.15) is 11.5 Å². The number of hydrogen-bond acceptors (Lipinski definition) is 2. The predicted octanol–water partition coefficient (Wildman–Crippen LogP) is 4.72. The average Bonchev–Trinajstić information content (AvgIpc) is 2.93. The number of fused-ring (bicyclic) bond motifs is 1. The van der Waals surface area contributed by atoms with Gasteiger partial charge in [-0.15, -0.1) is 11.6 Å². The van der Waals surface area contributed by atoms with Crippen LogP contribution >= 0.6 is 27.5 Å². The monoisotopic (exact) mass is 352 g/mol. The third-order valence-corrected chi connectivity index (χ3v) is 4.66. The molecule has 1 heterocycles. The summed E-state index contributed by atoms with van der Waals surface area (Å²) in [5.74, 6) is 1.79. The van der Waals surface area contributed by atoms with Gasteiger partial charge in [-0.05, 0) is 34.9 Å². The number of ether oxygens (including phenoxy) is 2. The van der Waals surface area contributed by atoms with Crippen LogP contribution in [0.5, 0.6) is 11.5 Å². The van der Waals surface area contributed by atoms with Crippen LogP contribution in [0.25, 0.3) is 0 Å². The highest BCUT2D eigenvalue weighted by Gasteiger charge is 2.18. The SMILES string of the molecule is COc1ccc(C(Cl)c2ccc3c(c2)CCO3)c(Br)c1. The van der Waals surface area contributed by atoms with Crippen molar-refractivity contribution in [3.63, 3.8) is 0 Å².